The van der Waals surface area contributed by atoms with Gasteiger partial charge in [-0.05, 0) is 24.3 Å². The van der Waals surface area contributed by atoms with Crippen molar-refractivity contribution in [2.24, 2.45) is 0 Å². The molecule has 0 aliphatic heterocycles. The molecule has 0 amide bonds. The minimum absolute atomic E-state index is 0.106. The Hall–Kier alpha value is -1.40. The summed E-state index contributed by atoms with van der Waals surface area (Å²) in [6, 6.07) is 5.29. The van der Waals surface area contributed by atoms with Crippen LogP contribution in [0.1, 0.15) is 41.6 Å². The van der Waals surface area contributed by atoms with Crippen LogP contribution in [0.4, 0.5) is 0 Å². The molecule has 0 aromatic carbocycles. The van der Waals surface area contributed by atoms with Crippen molar-refractivity contribution in [1.29, 1.82) is 0 Å². The van der Waals surface area contributed by atoms with Crippen LogP contribution in [0.3, 0.4) is 0 Å². The topological polar surface area (TPSA) is 62.8 Å². The number of H-pyrrole nitrogens is 1. The molecular formula is C15H18N2O2S2. The van der Waals surface area contributed by atoms with Gasteiger partial charge in [0, 0.05) is 23.9 Å². The number of carbonyl (C=O) groups is 1. The number of ketones is 1. The Bertz CT molecular complexity index is 635. The Morgan fingerprint density at radius 3 is 3.05 bits per heavy atom. The average Bonchev–Trinajstić information content (AvgIpc) is 2.97. The molecule has 0 saturated carbocycles. The quantitative estimate of drug-likeness (QED) is 0.349. The molecule has 0 bridgehead atoms. The number of Topliss-reactive ketones (excluding diaryl/α,β-unsaturated/α-hetero) is 1. The summed E-state index contributed by atoms with van der Waals surface area (Å²) in [5, 5.41) is 2.56. The van der Waals surface area contributed by atoms with Gasteiger partial charge in [-0.2, -0.15) is 0 Å². The maximum Gasteiger partial charge on any atom is 0.251 e. The third kappa shape index (κ3) is 5.13. The normalized spacial score (nSPS) is 10.7. The number of thiophene rings is 1. The third-order valence-corrected chi connectivity index (χ3v) is 4.73. The maximum atomic E-state index is 11.8. The molecule has 2 aromatic heterocycles. The van der Waals surface area contributed by atoms with Crippen molar-refractivity contribution in [1.82, 2.24) is 9.97 Å². The predicted molar refractivity (Wildman–Crippen MR) is 87.5 cm³/mol. The molecule has 0 saturated heterocycles. The minimum atomic E-state index is -0.106. The summed E-state index contributed by atoms with van der Waals surface area (Å²) in [5.41, 5.74) is 0.726. The molecule has 0 aliphatic rings. The average molecular weight is 322 g/mol. The highest BCUT2D eigenvalue weighted by Gasteiger charge is 2.07. The summed E-state index contributed by atoms with van der Waals surface area (Å²) >= 11 is 2.98. The second-order valence-corrected chi connectivity index (χ2v) is 6.68. The van der Waals surface area contributed by atoms with Crippen molar-refractivity contribution in [2.75, 3.05) is 5.75 Å². The van der Waals surface area contributed by atoms with Gasteiger partial charge in [-0.1, -0.05) is 31.2 Å². The zero-order valence-corrected chi connectivity index (χ0v) is 13.6. The molecule has 112 valence electrons. The lowest BCUT2D eigenvalue weighted by atomic mass is 10.2. The summed E-state index contributed by atoms with van der Waals surface area (Å²) in [6.45, 7) is 2.06. The molecule has 0 spiro atoms. The zero-order chi connectivity index (χ0) is 15.1. The summed E-state index contributed by atoms with van der Waals surface area (Å²) in [5.74, 6) is 0.960. The predicted octanol–water partition coefficient (Wildman–Crippen LogP) is 3.54. The Morgan fingerprint density at radius 2 is 2.33 bits per heavy atom. The lowest BCUT2D eigenvalue weighted by molar-refractivity contribution is 0.0986. The molecule has 0 atom stereocenters. The number of thioether (sulfide) groups is 1. The van der Waals surface area contributed by atoms with Crippen molar-refractivity contribution in [3.8, 4) is 0 Å². The molecule has 2 aromatic rings. The van der Waals surface area contributed by atoms with E-state index in [4.69, 9.17) is 0 Å². The van der Waals surface area contributed by atoms with Crippen LogP contribution in [0, 0.1) is 0 Å². The van der Waals surface area contributed by atoms with Crippen molar-refractivity contribution < 1.29 is 4.79 Å². The Morgan fingerprint density at radius 1 is 1.48 bits per heavy atom. The second-order valence-electron chi connectivity index (χ2n) is 4.64. The highest BCUT2D eigenvalue weighted by atomic mass is 32.2. The first-order valence-corrected chi connectivity index (χ1v) is 8.85. The summed E-state index contributed by atoms with van der Waals surface area (Å²) in [6.07, 6.45) is 3.10. The molecule has 0 radical (unpaired) electrons. The van der Waals surface area contributed by atoms with Gasteiger partial charge in [0.1, 0.15) is 0 Å². The van der Waals surface area contributed by atoms with Gasteiger partial charge in [-0.3, -0.25) is 9.59 Å². The number of aryl methyl sites for hydroxylation is 1. The van der Waals surface area contributed by atoms with E-state index in [0.29, 0.717) is 11.6 Å². The van der Waals surface area contributed by atoms with E-state index >= 15 is 0 Å². The number of nitrogens with one attached hydrogen (secondary N) is 1. The number of rotatable bonds is 8. The highest BCUT2D eigenvalue weighted by Crippen LogP contribution is 2.17. The minimum Gasteiger partial charge on any atom is -0.301 e. The van der Waals surface area contributed by atoms with Crippen molar-refractivity contribution in [3.63, 3.8) is 0 Å². The number of hydrogen-bond donors (Lipinski definition) is 1. The summed E-state index contributed by atoms with van der Waals surface area (Å²) < 4.78 is 0. The first kappa shape index (κ1) is 16.0. The SMILES string of the molecule is CCCc1cc(=O)[nH]c(SCCCC(=O)c2cccs2)n1. The Labute approximate surface area is 132 Å². The maximum absolute atomic E-state index is 11.8. The van der Waals surface area contributed by atoms with Crippen LogP contribution in [0.25, 0.3) is 0 Å². The van der Waals surface area contributed by atoms with E-state index in [1.807, 2.05) is 17.5 Å². The standard InChI is InChI=1S/C15H18N2O2S2/c1-2-5-11-10-14(19)17-15(16-11)21-9-3-6-12(18)13-7-4-8-20-13/h4,7-8,10H,2-3,5-6,9H2,1H3,(H,16,17,19). The monoisotopic (exact) mass is 322 g/mol. The van der Waals surface area contributed by atoms with Gasteiger partial charge in [-0.15, -0.1) is 11.3 Å². The van der Waals surface area contributed by atoms with E-state index < -0.39 is 0 Å². The molecule has 4 nitrogen and oxygen atoms in total. The summed E-state index contributed by atoms with van der Waals surface area (Å²) in [4.78, 5) is 31.3. The van der Waals surface area contributed by atoms with Gasteiger partial charge in [0.2, 0.25) is 0 Å². The van der Waals surface area contributed by atoms with Crippen LogP contribution in [-0.2, 0) is 6.42 Å². The van der Waals surface area contributed by atoms with Crippen molar-refractivity contribution in [2.45, 2.75) is 37.8 Å². The first-order chi connectivity index (χ1) is 10.2. The van der Waals surface area contributed by atoms with E-state index in [1.54, 1.807) is 6.07 Å². The molecule has 0 aliphatic carbocycles. The smallest absolute Gasteiger partial charge is 0.251 e. The van der Waals surface area contributed by atoms with Gasteiger partial charge < -0.3 is 4.98 Å². The van der Waals surface area contributed by atoms with Gasteiger partial charge >= 0.3 is 0 Å². The molecular weight excluding hydrogens is 304 g/mol. The third-order valence-electron chi connectivity index (χ3n) is 2.86. The Kier molecular flexibility index (Phi) is 6.20. The van der Waals surface area contributed by atoms with Crippen molar-refractivity contribution >= 4 is 28.9 Å². The van der Waals surface area contributed by atoms with Crippen LogP contribution in [0.5, 0.6) is 0 Å². The van der Waals surface area contributed by atoms with Crippen LogP contribution in [-0.4, -0.2) is 21.5 Å². The van der Waals surface area contributed by atoms with Gasteiger partial charge in [0.15, 0.2) is 10.9 Å². The second kappa shape index (κ2) is 8.14. The number of aromatic amines is 1. The van der Waals surface area contributed by atoms with E-state index in [9.17, 15) is 9.59 Å². The first-order valence-electron chi connectivity index (χ1n) is 6.98. The van der Waals surface area contributed by atoms with E-state index in [1.165, 1.54) is 23.1 Å². The van der Waals surface area contributed by atoms with E-state index in [0.717, 1.165) is 35.6 Å². The molecule has 6 heteroatoms. The lowest BCUT2D eigenvalue weighted by Gasteiger charge is -2.03. The molecule has 2 heterocycles. The zero-order valence-electron chi connectivity index (χ0n) is 11.9. The van der Waals surface area contributed by atoms with Crippen LogP contribution in [0.15, 0.2) is 33.5 Å². The highest BCUT2D eigenvalue weighted by molar-refractivity contribution is 7.99. The molecule has 2 rings (SSSR count). The number of hydrogen-bond acceptors (Lipinski definition) is 5. The fraction of sp³-hybridized carbons (Fsp3) is 0.400. The fourth-order valence-corrected chi connectivity index (χ4v) is 3.43. The van der Waals surface area contributed by atoms with Crippen LogP contribution >= 0.6 is 23.1 Å². The van der Waals surface area contributed by atoms with Gasteiger partial charge in [0.05, 0.1) is 4.88 Å². The number of carbonyl (C=O) groups excluding carboxylic acids is 1. The lowest BCUT2D eigenvalue weighted by Crippen LogP contribution is -2.10. The number of nitrogens with zero attached hydrogens (tertiary/aromatic N) is 1. The molecule has 0 fully saturated rings. The van der Waals surface area contributed by atoms with E-state index in [-0.39, 0.29) is 11.3 Å². The van der Waals surface area contributed by atoms with E-state index in [2.05, 4.69) is 16.9 Å². The fourth-order valence-electron chi connectivity index (χ4n) is 1.90. The Balaban J connectivity index is 1.81. The van der Waals surface area contributed by atoms with Crippen LogP contribution < -0.4 is 5.56 Å². The number of aromatic nitrogens is 2. The molecule has 0 unspecified atom stereocenters. The van der Waals surface area contributed by atoms with Gasteiger partial charge in [0.25, 0.3) is 5.56 Å². The molecule has 21 heavy (non-hydrogen) atoms. The van der Waals surface area contributed by atoms with Crippen molar-refractivity contribution in [3.05, 3.63) is 44.5 Å². The largest absolute Gasteiger partial charge is 0.301 e. The molecule has 1 N–H and O–H groups in total. The van der Waals surface area contributed by atoms with Gasteiger partial charge in [-0.25, -0.2) is 4.98 Å². The van der Waals surface area contributed by atoms with Crippen LogP contribution in [0.2, 0.25) is 0 Å². The summed E-state index contributed by atoms with van der Waals surface area (Å²) in [7, 11) is 0.